The third-order valence-electron chi connectivity index (χ3n) is 7.05. The van der Waals surface area contributed by atoms with Gasteiger partial charge in [-0.05, 0) is 36.8 Å². The number of phenolic OH excluding ortho intramolecular Hbond substituents is 2. The molecule has 0 aromatic heterocycles. The average Bonchev–Trinajstić information content (AvgIpc) is 2.87. The first-order valence-corrected chi connectivity index (χ1v) is 11.3. The Morgan fingerprint density at radius 1 is 0.611 bits per heavy atom. The van der Waals surface area contributed by atoms with Gasteiger partial charge in [-0.1, -0.05) is 48.5 Å². The van der Waals surface area contributed by atoms with E-state index in [1.54, 1.807) is 54.6 Å². The fourth-order valence-electron chi connectivity index (χ4n) is 5.33. The molecule has 6 nitrogen and oxygen atoms in total. The zero-order chi connectivity index (χ0) is 25.5. The Morgan fingerprint density at radius 3 is 1.94 bits per heavy atom. The zero-order valence-electron chi connectivity index (χ0n) is 19.3. The van der Waals surface area contributed by atoms with E-state index < -0.39 is 23.1 Å². The molecule has 6 rings (SSSR count). The number of hydrogen-bond acceptors (Lipinski definition) is 6. The molecular weight excluding hydrogens is 456 g/mol. The van der Waals surface area contributed by atoms with E-state index in [1.807, 2.05) is 0 Å². The molecule has 174 valence electrons. The number of phenols is 2. The fourth-order valence-corrected chi connectivity index (χ4v) is 5.33. The van der Waals surface area contributed by atoms with Crippen molar-refractivity contribution in [1.29, 1.82) is 0 Å². The van der Waals surface area contributed by atoms with Gasteiger partial charge in [0.25, 0.3) is 0 Å². The van der Waals surface area contributed by atoms with Gasteiger partial charge in [0.1, 0.15) is 11.5 Å². The normalized spacial score (nSPS) is 15.4. The van der Waals surface area contributed by atoms with Gasteiger partial charge in [-0.25, -0.2) is 0 Å². The summed E-state index contributed by atoms with van der Waals surface area (Å²) in [5.41, 5.74) is -0.0958. The summed E-state index contributed by atoms with van der Waals surface area (Å²) >= 11 is 0. The van der Waals surface area contributed by atoms with Crippen LogP contribution in [0.2, 0.25) is 0 Å². The molecular formula is C30H18O6. The van der Waals surface area contributed by atoms with E-state index in [2.05, 4.69) is 0 Å². The van der Waals surface area contributed by atoms with Crippen LogP contribution in [0.5, 0.6) is 11.5 Å². The summed E-state index contributed by atoms with van der Waals surface area (Å²) < 4.78 is 0. The maximum Gasteiger partial charge on any atom is 0.198 e. The Bertz CT molecular complexity index is 1830. The molecule has 4 aromatic rings. The number of carbonyl (C=O) groups excluding carboxylic acids is 4. The van der Waals surface area contributed by atoms with E-state index in [0.717, 1.165) is 6.08 Å². The van der Waals surface area contributed by atoms with Crippen LogP contribution in [-0.2, 0) is 0 Å². The average molecular weight is 474 g/mol. The van der Waals surface area contributed by atoms with Crippen molar-refractivity contribution in [1.82, 2.24) is 0 Å². The lowest BCUT2D eigenvalue weighted by molar-refractivity contribution is 0.0980. The Kier molecular flexibility index (Phi) is 4.41. The van der Waals surface area contributed by atoms with Crippen molar-refractivity contribution in [2.24, 2.45) is 0 Å². The highest BCUT2D eigenvalue weighted by Gasteiger charge is 2.39. The Labute approximate surface area is 204 Å². The van der Waals surface area contributed by atoms with E-state index in [-0.39, 0.29) is 61.4 Å². The van der Waals surface area contributed by atoms with E-state index in [0.29, 0.717) is 16.2 Å². The van der Waals surface area contributed by atoms with E-state index in [1.165, 1.54) is 13.8 Å². The summed E-state index contributed by atoms with van der Waals surface area (Å²) in [5, 5.41) is 23.7. The van der Waals surface area contributed by atoms with Crippen LogP contribution in [0, 0.1) is 0 Å². The monoisotopic (exact) mass is 474 g/mol. The Balaban J connectivity index is 1.77. The number of Topliss-reactive ketones (excluding diaryl/α,β-unsaturated/α-hetero) is 3. The van der Waals surface area contributed by atoms with Gasteiger partial charge in [0.2, 0.25) is 0 Å². The van der Waals surface area contributed by atoms with Crippen LogP contribution in [0.3, 0.4) is 0 Å². The van der Waals surface area contributed by atoms with E-state index in [9.17, 15) is 29.4 Å². The lowest BCUT2D eigenvalue weighted by atomic mass is 9.74. The molecule has 4 aromatic carbocycles. The van der Waals surface area contributed by atoms with Crippen molar-refractivity contribution in [3.05, 3.63) is 99.6 Å². The molecule has 0 saturated heterocycles. The summed E-state index contributed by atoms with van der Waals surface area (Å²) in [4.78, 5) is 54.0. The molecule has 0 heterocycles. The summed E-state index contributed by atoms with van der Waals surface area (Å²) in [6.45, 7) is 2.98. The molecule has 0 radical (unpaired) electrons. The van der Waals surface area contributed by atoms with Gasteiger partial charge in [-0.15, -0.1) is 0 Å². The number of aromatic hydroxyl groups is 2. The minimum atomic E-state index is -0.629. The summed E-state index contributed by atoms with van der Waals surface area (Å²) in [6, 6.07) is 15.0. The van der Waals surface area contributed by atoms with E-state index in [4.69, 9.17) is 0 Å². The second-order valence-electron chi connectivity index (χ2n) is 9.07. The third-order valence-corrected chi connectivity index (χ3v) is 7.05. The first-order chi connectivity index (χ1) is 17.2. The van der Waals surface area contributed by atoms with Gasteiger partial charge in [-0.2, -0.15) is 0 Å². The van der Waals surface area contributed by atoms with Crippen LogP contribution in [0.4, 0.5) is 0 Å². The van der Waals surface area contributed by atoms with Crippen molar-refractivity contribution in [3.63, 3.8) is 0 Å². The van der Waals surface area contributed by atoms with Crippen LogP contribution < -0.4 is 0 Å². The lowest BCUT2D eigenvalue weighted by Gasteiger charge is -2.26. The minimum Gasteiger partial charge on any atom is -0.507 e. The molecule has 0 bridgehead atoms. The molecule has 36 heavy (non-hydrogen) atoms. The first kappa shape index (κ1) is 21.7. The largest absolute Gasteiger partial charge is 0.507 e. The second kappa shape index (κ2) is 7.33. The molecule has 0 saturated carbocycles. The van der Waals surface area contributed by atoms with Gasteiger partial charge < -0.3 is 10.2 Å². The fraction of sp³-hybridized carbons (Fsp3) is 0.0667. The number of benzene rings is 4. The molecule has 0 amide bonds. The zero-order valence-corrected chi connectivity index (χ0v) is 19.3. The van der Waals surface area contributed by atoms with Crippen molar-refractivity contribution < 1.29 is 29.4 Å². The molecule has 0 spiro atoms. The minimum absolute atomic E-state index is 0.0682. The van der Waals surface area contributed by atoms with Gasteiger partial charge >= 0.3 is 0 Å². The standard InChI is InChI=1S/C30H18O6/c1-13-11-20(31)24-25(26(13)32)22(17-9-5-6-10-18(17)29(24)35)21-14(2)27(33)19-12-15-7-3-4-8-16(15)28(34)23(19)30(21)36/h3-12,34-35H,1-2H3. The Hall–Kier alpha value is -4.84. The molecule has 2 N–H and O–H groups in total. The van der Waals surface area contributed by atoms with Gasteiger partial charge in [0, 0.05) is 44.2 Å². The van der Waals surface area contributed by atoms with Gasteiger partial charge in [-0.3, -0.25) is 19.2 Å². The van der Waals surface area contributed by atoms with Crippen LogP contribution in [-0.4, -0.2) is 33.3 Å². The second-order valence-corrected chi connectivity index (χ2v) is 9.07. The summed E-state index contributed by atoms with van der Waals surface area (Å²) in [5.74, 6) is -2.84. The molecule has 2 aliphatic rings. The molecule has 0 fully saturated rings. The quantitative estimate of drug-likeness (QED) is 0.373. The molecule has 6 heteroatoms. The number of ketones is 4. The van der Waals surface area contributed by atoms with Crippen molar-refractivity contribution in [2.75, 3.05) is 0 Å². The number of rotatable bonds is 1. The molecule has 2 aliphatic carbocycles. The number of allylic oxidation sites excluding steroid dienone is 4. The molecule has 0 aliphatic heterocycles. The third kappa shape index (κ3) is 2.66. The Morgan fingerprint density at radius 2 is 1.22 bits per heavy atom. The van der Waals surface area contributed by atoms with Gasteiger partial charge in [0.15, 0.2) is 23.1 Å². The summed E-state index contributed by atoms with van der Waals surface area (Å²) in [6.07, 6.45) is 1.16. The molecule has 0 unspecified atom stereocenters. The maximum atomic E-state index is 14.1. The van der Waals surface area contributed by atoms with Crippen LogP contribution in [0.15, 0.2) is 71.8 Å². The predicted octanol–water partition coefficient (Wildman–Crippen LogP) is 5.58. The summed E-state index contributed by atoms with van der Waals surface area (Å²) in [7, 11) is 0. The van der Waals surface area contributed by atoms with Crippen LogP contribution in [0.1, 0.15) is 60.8 Å². The van der Waals surface area contributed by atoms with Crippen LogP contribution in [0.25, 0.3) is 27.1 Å². The lowest BCUT2D eigenvalue weighted by Crippen LogP contribution is -2.24. The number of carbonyl (C=O) groups is 4. The number of fused-ring (bicyclic) bond motifs is 4. The van der Waals surface area contributed by atoms with Gasteiger partial charge in [0.05, 0.1) is 11.1 Å². The highest BCUT2D eigenvalue weighted by atomic mass is 16.3. The molecule has 0 atom stereocenters. The first-order valence-electron chi connectivity index (χ1n) is 11.3. The smallest absolute Gasteiger partial charge is 0.198 e. The predicted molar refractivity (Wildman–Crippen MR) is 135 cm³/mol. The highest BCUT2D eigenvalue weighted by Crippen LogP contribution is 2.46. The SMILES string of the molecule is CC1=CC(=O)c2c(c(C3=C(C)C(=O)c4cc5ccccc5c(O)c4C3=O)c3ccccc3c2O)C1=O. The van der Waals surface area contributed by atoms with E-state index >= 15 is 0 Å². The van der Waals surface area contributed by atoms with Crippen molar-refractivity contribution in [2.45, 2.75) is 13.8 Å². The maximum absolute atomic E-state index is 14.1. The topological polar surface area (TPSA) is 109 Å². The number of hydrogen-bond donors (Lipinski definition) is 2. The van der Waals surface area contributed by atoms with Crippen LogP contribution >= 0.6 is 0 Å². The highest BCUT2D eigenvalue weighted by molar-refractivity contribution is 6.45. The van der Waals surface area contributed by atoms with Crippen molar-refractivity contribution >= 4 is 50.3 Å². The van der Waals surface area contributed by atoms with Crippen molar-refractivity contribution in [3.8, 4) is 11.5 Å².